The van der Waals surface area contributed by atoms with Crippen molar-refractivity contribution in [1.82, 2.24) is 25.5 Å². The predicted octanol–water partition coefficient (Wildman–Crippen LogP) is 4.00. The van der Waals surface area contributed by atoms with Crippen LogP contribution in [0.3, 0.4) is 0 Å². The van der Waals surface area contributed by atoms with Crippen LogP contribution in [0.5, 0.6) is 0 Å². The number of nitrogens with one attached hydrogen (secondary N) is 3. The van der Waals surface area contributed by atoms with E-state index < -0.39 is 6.04 Å². The van der Waals surface area contributed by atoms with Crippen LogP contribution in [0.15, 0.2) is 30.3 Å². The molecule has 9 heteroatoms. The summed E-state index contributed by atoms with van der Waals surface area (Å²) in [7, 11) is 1.74. The first-order chi connectivity index (χ1) is 17.4. The third-order valence-corrected chi connectivity index (χ3v) is 7.36. The minimum atomic E-state index is -0.533. The van der Waals surface area contributed by atoms with Gasteiger partial charge in [0, 0.05) is 18.3 Å². The molecule has 1 aliphatic carbocycles. The summed E-state index contributed by atoms with van der Waals surface area (Å²) in [5.41, 5.74) is 1.49. The second-order valence-corrected chi connectivity index (χ2v) is 9.94. The maximum Gasteiger partial charge on any atom is 0.246 e. The van der Waals surface area contributed by atoms with Crippen molar-refractivity contribution in [2.75, 3.05) is 18.9 Å². The molecule has 1 saturated heterocycles. The van der Waals surface area contributed by atoms with Gasteiger partial charge in [-0.3, -0.25) is 9.59 Å². The van der Waals surface area contributed by atoms with E-state index in [1.54, 1.807) is 26.1 Å². The van der Waals surface area contributed by atoms with Crippen molar-refractivity contribution in [3.8, 4) is 0 Å². The topological polar surface area (TPSA) is 99.2 Å². The molecule has 1 aromatic heterocycles. The predicted molar refractivity (Wildman–Crippen MR) is 137 cm³/mol. The van der Waals surface area contributed by atoms with E-state index in [1.807, 2.05) is 17.9 Å². The third-order valence-electron chi connectivity index (χ3n) is 7.36. The average molecular weight is 497 g/mol. The Balaban J connectivity index is 1.56. The number of likely N-dealkylation sites (N-methyl/N-ethyl adjacent to an activating group) is 1. The highest BCUT2D eigenvalue weighted by Gasteiger charge is 2.39. The van der Waals surface area contributed by atoms with E-state index in [-0.39, 0.29) is 35.6 Å². The minimum Gasteiger partial charge on any atom is -0.343 e. The Morgan fingerprint density at radius 1 is 1.06 bits per heavy atom. The molecule has 4 rings (SSSR count). The Labute approximate surface area is 212 Å². The Morgan fingerprint density at radius 2 is 1.78 bits per heavy atom. The molecule has 194 valence electrons. The summed E-state index contributed by atoms with van der Waals surface area (Å²) in [5, 5.41) is 9.26. The molecule has 2 heterocycles. The number of carbonyl (C=O) groups is 2. The summed E-state index contributed by atoms with van der Waals surface area (Å²) in [6.07, 6.45) is 6.91. The van der Waals surface area contributed by atoms with Crippen molar-refractivity contribution < 1.29 is 14.0 Å². The van der Waals surface area contributed by atoms with Gasteiger partial charge in [-0.05, 0) is 76.8 Å². The number of nitrogens with zero attached hydrogens (tertiary/aromatic N) is 3. The maximum atomic E-state index is 14.0. The van der Waals surface area contributed by atoms with Gasteiger partial charge in [0.25, 0.3) is 0 Å². The molecular formula is C27H37FN6O2. The molecule has 2 aliphatic rings. The van der Waals surface area contributed by atoms with Crippen molar-refractivity contribution in [3.05, 3.63) is 47.7 Å². The summed E-state index contributed by atoms with van der Waals surface area (Å²) in [6.45, 7) is 4.26. The largest absolute Gasteiger partial charge is 0.343 e. The molecule has 1 aromatic carbocycles. The highest BCUT2D eigenvalue weighted by Crippen LogP contribution is 2.35. The van der Waals surface area contributed by atoms with Crippen LogP contribution in [0.2, 0.25) is 0 Å². The van der Waals surface area contributed by atoms with Crippen molar-refractivity contribution in [1.29, 1.82) is 0 Å². The van der Waals surface area contributed by atoms with Gasteiger partial charge in [0.1, 0.15) is 23.5 Å². The van der Waals surface area contributed by atoms with E-state index in [0.717, 1.165) is 49.9 Å². The average Bonchev–Trinajstić information content (AvgIpc) is 3.38. The van der Waals surface area contributed by atoms with Gasteiger partial charge in [-0.2, -0.15) is 0 Å². The number of aryl methyl sites for hydroxylation is 1. The number of carbonyl (C=O) groups excluding carboxylic acids is 2. The minimum absolute atomic E-state index is 0.0228. The molecule has 2 fully saturated rings. The van der Waals surface area contributed by atoms with Crippen molar-refractivity contribution in [3.63, 3.8) is 0 Å². The molecule has 1 aliphatic heterocycles. The fourth-order valence-corrected chi connectivity index (χ4v) is 5.28. The fraction of sp³-hybridized carbons (Fsp3) is 0.556. The Bertz CT molecular complexity index is 1060. The Kier molecular flexibility index (Phi) is 8.51. The number of aromatic nitrogens is 2. The number of benzene rings is 1. The summed E-state index contributed by atoms with van der Waals surface area (Å²) < 4.78 is 13.3. The summed E-state index contributed by atoms with van der Waals surface area (Å²) >= 11 is 0. The monoisotopic (exact) mass is 496 g/mol. The van der Waals surface area contributed by atoms with E-state index in [2.05, 4.69) is 25.9 Å². The van der Waals surface area contributed by atoms with Gasteiger partial charge in [0.15, 0.2) is 0 Å². The smallest absolute Gasteiger partial charge is 0.246 e. The zero-order valence-corrected chi connectivity index (χ0v) is 21.4. The number of rotatable bonds is 8. The van der Waals surface area contributed by atoms with Gasteiger partial charge in [-0.15, -0.1) is 0 Å². The molecule has 0 bridgehead atoms. The van der Waals surface area contributed by atoms with Gasteiger partial charge in [-0.25, -0.2) is 14.4 Å². The van der Waals surface area contributed by atoms with E-state index in [1.165, 1.54) is 18.6 Å². The van der Waals surface area contributed by atoms with Crippen LogP contribution in [-0.2, 0) is 9.59 Å². The van der Waals surface area contributed by atoms with Crippen molar-refractivity contribution in [2.24, 2.45) is 5.92 Å². The first kappa shape index (κ1) is 26.0. The van der Waals surface area contributed by atoms with Crippen LogP contribution in [-0.4, -0.2) is 52.4 Å². The van der Waals surface area contributed by atoms with E-state index >= 15 is 0 Å². The molecule has 8 nitrogen and oxygen atoms in total. The van der Waals surface area contributed by atoms with E-state index in [9.17, 15) is 14.0 Å². The standard InChI is InChI=1S/C27H37FN6O2/c1-17(29-3)26(35)33-25(19-8-5-4-6-9-19)27(36)34-15-7-10-23(34)22-16-24(31-18(2)30-22)32-21-13-11-20(28)12-14-21/h11-14,16-17,19,23,25,29H,4-10,15H2,1-3H3,(H,33,35)(H,30,31,32)/t17?,23?,25-/m0/s1. The SMILES string of the molecule is CNC(C)C(=O)N[C@H](C(=O)N1CCCC1c1cc(Nc2ccc(F)cc2)nc(C)n1)C1CCCCC1. The molecule has 1 saturated carbocycles. The van der Waals surface area contributed by atoms with Gasteiger partial charge in [0.2, 0.25) is 11.8 Å². The number of halogens is 1. The lowest BCUT2D eigenvalue weighted by Gasteiger charge is -2.35. The van der Waals surface area contributed by atoms with Crippen LogP contribution >= 0.6 is 0 Å². The molecule has 36 heavy (non-hydrogen) atoms. The first-order valence-corrected chi connectivity index (χ1v) is 13.0. The molecule has 2 aromatic rings. The quantitative estimate of drug-likeness (QED) is 0.511. The van der Waals surface area contributed by atoms with Gasteiger partial charge >= 0.3 is 0 Å². The highest BCUT2D eigenvalue weighted by molar-refractivity contribution is 5.90. The van der Waals surface area contributed by atoms with Crippen LogP contribution < -0.4 is 16.0 Å². The van der Waals surface area contributed by atoms with Crippen LogP contribution in [0.4, 0.5) is 15.9 Å². The molecular weight excluding hydrogens is 459 g/mol. The fourth-order valence-electron chi connectivity index (χ4n) is 5.28. The number of hydrogen-bond donors (Lipinski definition) is 3. The van der Waals surface area contributed by atoms with E-state index in [0.29, 0.717) is 18.2 Å². The lowest BCUT2D eigenvalue weighted by molar-refractivity contribution is -0.139. The zero-order valence-electron chi connectivity index (χ0n) is 21.4. The number of likely N-dealkylation sites (tertiary alicyclic amines) is 1. The second kappa shape index (κ2) is 11.8. The lowest BCUT2D eigenvalue weighted by Crippen LogP contribution is -2.55. The number of anilines is 2. The molecule has 2 unspecified atom stereocenters. The molecule has 3 N–H and O–H groups in total. The molecule has 0 spiro atoms. The van der Waals surface area contributed by atoms with Crippen molar-refractivity contribution >= 4 is 23.3 Å². The van der Waals surface area contributed by atoms with Crippen LogP contribution in [0.25, 0.3) is 0 Å². The summed E-state index contributed by atoms with van der Waals surface area (Å²) in [4.78, 5) is 37.8. The maximum absolute atomic E-state index is 14.0. The number of amides is 2. The third kappa shape index (κ3) is 6.19. The molecule has 3 atom stereocenters. The van der Waals surface area contributed by atoms with Crippen molar-refractivity contribution in [2.45, 2.75) is 76.9 Å². The second-order valence-electron chi connectivity index (χ2n) is 9.94. The highest BCUT2D eigenvalue weighted by atomic mass is 19.1. The Morgan fingerprint density at radius 3 is 2.47 bits per heavy atom. The van der Waals surface area contributed by atoms with Gasteiger partial charge in [0.05, 0.1) is 17.8 Å². The normalized spacial score (nSPS) is 20.1. The zero-order chi connectivity index (χ0) is 25.7. The Hall–Kier alpha value is -3.07. The van der Waals surface area contributed by atoms with Gasteiger partial charge in [-0.1, -0.05) is 19.3 Å². The molecule has 2 amide bonds. The van der Waals surface area contributed by atoms with Gasteiger partial charge < -0.3 is 20.9 Å². The van der Waals surface area contributed by atoms with Crippen LogP contribution in [0, 0.1) is 18.7 Å². The molecule has 0 radical (unpaired) electrons. The summed E-state index contributed by atoms with van der Waals surface area (Å²) in [5.74, 6) is 0.859. The number of hydrogen-bond acceptors (Lipinski definition) is 6. The van der Waals surface area contributed by atoms with E-state index in [4.69, 9.17) is 0 Å². The summed E-state index contributed by atoms with van der Waals surface area (Å²) in [6, 6.07) is 6.87. The van der Waals surface area contributed by atoms with Crippen LogP contribution in [0.1, 0.15) is 69.4 Å². The lowest BCUT2D eigenvalue weighted by atomic mass is 9.83. The first-order valence-electron chi connectivity index (χ1n) is 13.0.